The smallest absolute Gasteiger partial charge is 0.261 e. The summed E-state index contributed by atoms with van der Waals surface area (Å²) >= 11 is 0. The Labute approximate surface area is 164 Å². The highest BCUT2D eigenvalue weighted by Crippen LogP contribution is 2.20. The zero-order chi connectivity index (χ0) is 20.3. The van der Waals surface area contributed by atoms with E-state index in [2.05, 4.69) is 10.3 Å². The van der Waals surface area contributed by atoms with Gasteiger partial charge in [-0.15, -0.1) is 0 Å². The van der Waals surface area contributed by atoms with E-state index in [-0.39, 0.29) is 30.2 Å². The lowest BCUT2D eigenvalue weighted by atomic mass is 10.1. The Hall–Kier alpha value is -3.15. The van der Waals surface area contributed by atoms with Gasteiger partial charge in [-0.05, 0) is 57.0 Å². The highest BCUT2D eigenvalue weighted by Gasteiger charge is 2.13. The summed E-state index contributed by atoms with van der Waals surface area (Å²) in [6.07, 6.45) is 1.51. The molecule has 0 fully saturated rings. The number of aromatic nitrogens is 2. The minimum Gasteiger partial charge on any atom is -0.491 e. The number of fused-ring (bicyclic) bond motifs is 1. The average molecular weight is 379 g/mol. The molecule has 6 heteroatoms. The molecule has 0 saturated heterocycles. The van der Waals surface area contributed by atoms with Crippen molar-refractivity contribution in [2.45, 2.75) is 46.4 Å². The van der Waals surface area contributed by atoms with Gasteiger partial charge in [-0.1, -0.05) is 24.3 Å². The van der Waals surface area contributed by atoms with Gasteiger partial charge in [-0.3, -0.25) is 14.2 Å². The molecule has 0 aliphatic heterocycles. The van der Waals surface area contributed by atoms with E-state index in [9.17, 15) is 9.59 Å². The Morgan fingerprint density at radius 1 is 1.18 bits per heavy atom. The molecule has 1 atom stereocenters. The van der Waals surface area contributed by atoms with E-state index in [1.807, 2.05) is 64.1 Å². The first-order valence-electron chi connectivity index (χ1n) is 9.36. The molecule has 1 N–H and O–H groups in total. The topological polar surface area (TPSA) is 73.2 Å². The van der Waals surface area contributed by atoms with Gasteiger partial charge in [-0.25, -0.2) is 4.98 Å². The van der Waals surface area contributed by atoms with Gasteiger partial charge in [-0.2, -0.15) is 0 Å². The number of aryl methyl sites for hydroxylation is 1. The maximum absolute atomic E-state index is 12.6. The number of hydrogen-bond acceptors (Lipinski definition) is 4. The third-order valence-electron chi connectivity index (χ3n) is 4.48. The molecular formula is C22H25N3O3. The van der Waals surface area contributed by atoms with Crippen LogP contribution in [0.2, 0.25) is 0 Å². The summed E-state index contributed by atoms with van der Waals surface area (Å²) in [7, 11) is 0. The number of nitrogens with zero attached hydrogens (tertiary/aromatic N) is 2. The van der Waals surface area contributed by atoms with Crippen molar-refractivity contribution in [1.29, 1.82) is 0 Å². The maximum atomic E-state index is 12.6. The fourth-order valence-electron chi connectivity index (χ4n) is 3.10. The Kier molecular flexibility index (Phi) is 5.78. The molecule has 28 heavy (non-hydrogen) atoms. The van der Waals surface area contributed by atoms with Gasteiger partial charge < -0.3 is 10.1 Å². The molecule has 1 heterocycles. The first-order chi connectivity index (χ1) is 13.3. The van der Waals surface area contributed by atoms with Crippen molar-refractivity contribution in [3.8, 4) is 5.75 Å². The third-order valence-corrected chi connectivity index (χ3v) is 4.48. The van der Waals surface area contributed by atoms with E-state index in [1.54, 1.807) is 6.07 Å². The fraction of sp³-hybridized carbons (Fsp3) is 0.318. The van der Waals surface area contributed by atoms with Crippen LogP contribution in [-0.4, -0.2) is 21.6 Å². The summed E-state index contributed by atoms with van der Waals surface area (Å²) < 4.78 is 7.04. The van der Waals surface area contributed by atoms with E-state index in [0.29, 0.717) is 10.9 Å². The molecule has 1 unspecified atom stereocenters. The largest absolute Gasteiger partial charge is 0.491 e. The van der Waals surface area contributed by atoms with Crippen LogP contribution in [0.25, 0.3) is 10.9 Å². The van der Waals surface area contributed by atoms with Gasteiger partial charge in [0.2, 0.25) is 5.91 Å². The van der Waals surface area contributed by atoms with Crippen molar-refractivity contribution in [3.63, 3.8) is 0 Å². The van der Waals surface area contributed by atoms with Crippen LogP contribution in [0.15, 0.2) is 53.6 Å². The molecule has 1 amide bonds. The molecule has 0 bridgehead atoms. The average Bonchev–Trinajstić information content (AvgIpc) is 2.64. The molecule has 1 aromatic heterocycles. The van der Waals surface area contributed by atoms with E-state index < -0.39 is 0 Å². The summed E-state index contributed by atoms with van der Waals surface area (Å²) in [5, 5.41) is 3.45. The number of para-hydroxylation sites is 1. The molecular weight excluding hydrogens is 354 g/mol. The van der Waals surface area contributed by atoms with Crippen LogP contribution in [0.5, 0.6) is 5.75 Å². The van der Waals surface area contributed by atoms with Crippen LogP contribution in [0.4, 0.5) is 0 Å². The molecule has 0 aliphatic carbocycles. The van der Waals surface area contributed by atoms with Gasteiger partial charge in [0.05, 0.1) is 29.4 Å². The Morgan fingerprint density at radius 2 is 1.93 bits per heavy atom. The number of rotatable bonds is 6. The summed E-state index contributed by atoms with van der Waals surface area (Å²) in [6, 6.07) is 12.9. The molecule has 0 radical (unpaired) electrons. The molecule has 3 aromatic rings. The Balaban J connectivity index is 1.73. The Bertz CT molecular complexity index is 1060. The lowest BCUT2D eigenvalue weighted by Gasteiger charge is -2.17. The van der Waals surface area contributed by atoms with Crippen molar-refractivity contribution in [2.75, 3.05) is 0 Å². The third kappa shape index (κ3) is 4.39. The molecule has 3 rings (SSSR count). The van der Waals surface area contributed by atoms with Crippen LogP contribution in [-0.2, 0) is 11.3 Å². The van der Waals surface area contributed by atoms with Crippen LogP contribution in [0.3, 0.4) is 0 Å². The van der Waals surface area contributed by atoms with Gasteiger partial charge in [0, 0.05) is 0 Å². The Morgan fingerprint density at radius 3 is 2.68 bits per heavy atom. The second-order valence-corrected chi connectivity index (χ2v) is 7.18. The summed E-state index contributed by atoms with van der Waals surface area (Å²) in [4.78, 5) is 29.5. The summed E-state index contributed by atoms with van der Waals surface area (Å²) in [5.74, 6) is 0.512. The van der Waals surface area contributed by atoms with Crippen LogP contribution in [0, 0.1) is 6.92 Å². The zero-order valence-electron chi connectivity index (χ0n) is 16.6. The second-order valence-electron chi connectivity index (χ2n) is 7.18. The van der Waals surface area contributed by atoms with Crippen LogP contribution < -0.4 is 15.6 Å². The van der Waals surface area contributed by atoms with Crippen molar-refractivity contribution < 1.29 is 9.53 Å². The number of nitrogens with one attached hydrogen (secondary N) is 1. The normalized spacial score (nSPS) is 12.2. The standard InChI is InChI=1S/C22H25N3O3/c1-14(2)28-18-9-6-8-17(11-18)16(4)24-20(26)12-25-13-23-21-15(3)7-5-10-19(21)22(25)27/h5-11,13-14,16H,12H2,1-4H3,(H,24,26). The molecule has 0 aliphatic rings. The van der Waals surface area contributed by atoms with Crippen molar-refractivity contribution >= 4 is 16.8 Å². The molecule has 2 aromatic carbocycles. The summed E-state index contributed by atoms with van der Waals surface area (Å²) in [6.45, 7) is 7.66. The molecule has 6 nitrogen and oxygen atoms in total. The minimum atomic E-state index is -0.251. The molecule has 0 spiro atoms. The van der Waals surface area contributed by atoms with Gasteiger partial charge in [0.25, 0.3) is 5.56 Å². The monoisotopic (exact) mass is 379 g/mol. The number of amides is 1. The first-order valence-corrected chi connectivity index (χ1v) is 9.36. The van der Waals surface area contributed by atoms with Crippen molar-refractivity contribution in [1.82, 2.24) is 14.9 Å². The quantitative estimate of drug-likeness (QED) is 0.713. The van der Waals surface area contributed by atoms with E-state index in [0.717, 1.165) is 16.9 Å². The second kappa shape index (κ2) is 8.25. The van der Waals surface area contributed by atoms with Crippen molar-refractivity contribution in [3.05, 3.63) is 70.3 Å². The number of benzene rings is 2. The van der Waals surface area contributed by atoms with E-state index in [4.69, 9.17) is 4.74 Å². The van der Waals surface area contributed by atoms with Crippen LogP contribution >= 0.6 is 0 Å². The molecule has 146 valence electrons. The lowest BCUT2D eigenvalue weighted by molar-refractivity contribution is -0.122. The minimum absolute atomic E-state index is 0.0797. The molecule has 0 saturated carbocycles. The SMILES string of the molecule is Cc1cccc2c(=O)n(CC(=O)NC(C)c3cccc(OC(C)C)c3)cnc12. The number of carbonyl (C=O) groups excluding carboxylic acids is 1. The maximum Gasteiger partial charge on any atom is 0.261 e. The summed E-state index contributed by atoms with van der Waals surface area (Å²) in [5.41, 5.74) is 2.32. The highest BCUT2D eigenvalue weighted by molar-refractivity contribution is 5.81. The first kappa shape index (κ1) is 19.6. The van der Waals surface area contributed by atoms with E-state index in [1.165, 1.54) is 10.9 Å². The van der Waals surface area contributed by atoms with Crippen LogP contribution in [0.1, 0.15) is 37.9 Å². The van der Waals surface area contributed by atoms with E-state index >= 15 is 0 Å². The number of hydrogen-bond donors (Lipinski definition) is 1. The van der Waals surface area contributed by atoms with Gasteiger partial charge in [0.15, 0.2) is 0 Å². The predicted octanol–water partition coefficient (Wildman–Crippen LogP) is 3.37. The van der Waals surface area contributed by atoms with Gasteiger partial charge >= 0.3 is 0 Å². The lowest BCUT2D eigenvalue weighted by Crippen LogP contribution is -2.34. The fourth-order valence-corrected chi connectivity index (χ4v) is 3.10. The number of ether oxygens (including phenoxy) is 1. The van der Waals surface area contributed by atoms with Gasteiger partial charge in [0.1, 0.15) is 12.3 Å². The predicted molar refractivity (Wildman–Crippen MR) is 110 cm³/mol. The highest BCUT2D eigenvalue weighted by atomic mass is 16.5. The number of carbonyl (C=O) groups is 1. The zero-order valence-corrected chi connectivity index (χ0v) is 16.6. The van der Waals surface area contributed by atoms with Crippen molar-refractivity contribution in [2.24, 2.45) is 0 Å².